The lowest BCUT2D eigenvalue weighted by atomic mass is 9.99. The normalized spacial score (nSPS) is 23.5. The summed E-state index contributed by atoms with van der Waals surface area (Å²) in [6.45, 7) is 1.76. The number of anilines is 1. The molecule has 0 aliphatic carbocycles. The molecular weight excluding hydrogens is 236 g/mol. The molecule has 2 aliphatic rings. The lowest BCUT2D eigenvalue weighted by Gasteiger charge is -2.34. The van der Waals surface area contributed by atoms with Crippen molar-refractivity contribution in [2.45, 2.75) is 25.3 Å². The van der Waals surface area contributed by atoms with E-state index < -0.39 is 0 Å². The lowest BCUT2D eigenvalue weighted by molar-refractivity contribution is -0.120. The van der Waals surface area contributed by atoms with Crippen molar-refractivity contribution in [3.63, 3.8) is 0 Å². The van der Waals surface area contributed by atoms with Crippen molar-refractivity contribution < 1.29 is 4.79 Å². The largest absolute Gasteiger partial charge is 0.359 e. The fourth-order valence-electron chi connectivity index (χ4n) is 2.80. The minimum Gasteiger partial charge on any atom is -0.359 e. The zero-order valence-corrected chi connectivity index (χ0v) is 10.3. The van der Waals surface area contributed by atoms with Gasteiger partial charge in [0.1, 0.15) is 6.04 Å². The van der Waals surface area contributed by atoms with E-state index in [0.29, 0.717) is 0 Å². The first-order valence-corrected chi connectivity index (χ1v) is 6.46. The molecule has 4 heteroatoms. The first-order chi connectivity index (χ1) is 8.25. The van der Waals surface area contributed by atoms with Gasteiger partial charge < -0.3 is 10.2 Å². The van der Waals surface area contributed by atoms with Crippen LogP contribution in [0.5, 0.6) is 0 Å². The SMILES string of the molecule is O=C1NCC[C@@H]1N1CCCc2cc(Cl)ccc21. The van der Waals surface area contributed by atoms with Gasteiger partial charge in [-0.1, -0.05) is 11.6 Å². The van der Waals surface area contributed by atoms with E-state index >= 15 is 0 Å². The summed E-state index contributed by atoms with van der Waals surface area (Å²) in [5.41, 5.74) is 2.45. The molecule has 2 aliphatic heterocycles. The van der Waals surface area contributed by atoms with Crippen molar-refractivity contribution >= 4 is 23.2 Å². The molecule has 1 aromatic carbocycles. The van der Waals surface area contributed by atoms with Gasteiger partial charge in [-0.25, -0.2) is 0 Å². The third-order valence-electron chi connectivity index (χ3n) is 3.59. The number of amides is 1. The predicted molar refractivity (Wildman–Crippen MR) is 68.5 cm³/mol. The number of fused-ring (bicyclic) bond motifs is 1. The Morgan fingerprint density at radius 3 is 3.06 bits per heavy atom. The van der Waals surface area contributed by atoms with Crippen LogP contribution in [0.25, 0.3) is 0 Å². The van der Waals surface area contributed by atoms with Gasteiger partial charge >= 0.3 is 0 Å². The van der Waals surface area contributed by atoms with Crippen molar-refractivity contribution in [2.75, 3.05) is 18.0 Å². The van der Waals surface area contributed by atoms with Crippen LogP contribution in [-0.4, -0.2) is 25.0 Å². The van der Waals surface area contributed by atoms with Crippen LogP contribution in [0.2, 0.25) is 5.02 Å². The van der Waals surface area contributed by atoms with Crippen molar-refractivity contribution in [1.82, 2.24) is 5.32 Å². The van der Waals surface area contributed by atoms with Crippen molar-refractivity contribution in [3.8, 4) is 0 Å². The minimum atomic E-state index is 0.00947. The number of rotatable bonds is 1. The number of halogens is 1. The fourth-order valence-corrected chi connectivity index (χ4v) is 2.99. The summed E-state index contributed by atoms with van der Waals surface area (Å²) in [6.07, 6.45) is 3.05. The van der Waals surface area contributed by atoms with Crippen LogP contribution in [0.4, 0.5) is 5.69 Å². The van der Waals surface area contributed by atoms with Gasteiger partial charge in [0, 0.05) is 23.8 Å². The van der Waals surface area contributed by atoms with E-state index in [2.05, 4.69) is 10.2 Å². The molecule has 17 heavy (non-hydrogen) atoms. The van der Waals surface area contributed by atoms with Crippen LogP contribution in [-0.2, 0) is 11.2 Å². The third kappa shape index (κ3) is 1.89. The molecule has 0 bridgehead atoms. The maximum absolute atomic E-state index is 11.8. The Balaban J connectivity index is 1.96. The topological polar surface area (TPSA) is 32.3 Å². The zero-order valence-electron chi connectivity index (χ0n) is 9.58. The van der Waals surface area contributed by atoms with Crippen LogP contribution in [0.15, 0.2) is 18.2 Å². The second-order valence-electron chi connectivity index (χ2n) is 4.67. The Labute approximate surface area is 106 Å². The van der Waals surface area contributed by atoms with Crippen molar-refractivity contribution in [1.29, 1.82) is 0 Å². The molecule has 1 atom stereocenters. The predicted octanol–water partition coefficient (Wildman–Crippen LogP) is 1.98. The molecule has 0 radical (unpaired) electrons. The highest BCUT2D eigenvalue weighted by molar-refractivity contribution is 6.30. The Bertz CT molecular complexity index is 461. The van der Waals surface area contributed by atoms with Gasteiger partial charge in [-0.05, 0) is 43.0 Å². The molecule has 2 heterocycles. The van der Waals surface area contributed by atoms with Gasteiger partial charge in [0.05, 0.1) is 0 Å². The highest BCUT2D eigenvalue weighted by Crippen LogP contribution is 2.32. The van der Waals surface area contributed by atoms with Crippen LogP contribution < -0.4 is 10.2 Å². The Morgan fingerprint density at radius 1 is 1.41 bits per heavy atom. The molecule has 0 spiro atoms. The molecule has 3 rings (SSSR count). The van der Waals surface area contributed by atoms with Gasteiger partial charge in [-0.3, -0.25) is 4.79 Å². The first kappa shape index (κ1) is 10.9. The summed E-state index contributed by atoms with van der Waals surface area (Å²) in [5, 5.41) is 3.68. The van der Waals surface area contributed by atoms with Gasteiger partial charge in [0.25, 0.3) is 0 Å². The van der Waals surface area contributed by atoms with E-state index in [0.717, 1.165) is 37.4 Å². The van der Waals surface area contributed by atoms with E-state index in [1.165, 1.54) is 11.3 Å². The first-order valence-electron chi connectivity index (χ1n) is 6.08. The zero-order chi connectivity index (χ0) is 11.8. The highest BCUT2D eigenvalue weighted by Gasteiger charge is 2.32. The second-order valence-corrected chi connectivity index (χ2v) is 5.10. The molecule has 1 N–H and O–H groups in total. The van der Waals surface area contributed by atoms with E-state index in [1.807, 2.05) is 18.2 Å². The van der Waals surface area contributed by atoms with Crippen LogP contribution in [0.1, 0.15) is 18.4 Å². The molecule has 1 saturated heterocycles. The van der Waals surface area contributed by atoms with Crippen molar-refractivity contribution in [3.05, 3.63) is 28.8 Å². The number of hydrogen-bond donors (Lipinski definition) is 1. The smallest absolute Gasteiger partial charge is 0.242 e. The number of nitrogens with one attached hydrogen (secondary N) is 1. The Hall–Kier alpha value is -1.22. The Kier molecular flexibility index (Phi) is 2.71. The third-order valence-corrected chi connectivity index (χ3v) is 3.83. The number of aryl methyl sites for hydroxylation is 1. The number of hydrogen-bond acceptors (Lipinski definition) is 2. The number of nitrogens with zero attached hydrogens (tertiary/aromatic N) is 1. The monoisotopic (exact) mass is 250 g/mol. The van der Waals surface area contributed by atoms with E-state index in [9.17, 15) is 4.79 Å². The fraction of sp³-hybridized carbons (Fsp3) is 0.462. The molecule has 0 aromatic heterocycles. The summed E-state index contributed by atoms with van der Waals surface area (Å²) in [5.74, 6) is 0.160. The number of carbonyl (C=O) groups is 1. The molecule has 1 fully saturated rings. The summed E-state index contributed by atoms with van der Waals surface area (Å²) in [4.78, 5) is 14.0. The average Bonchev–Trinajstić information content (AvgIpc) is 2.74. The van der Waals surface area contributed by atoms with Gasteiger partial charge in [-0.2, -0.15) is 0 Å². The molecular formula is C13H15ClN2O. The van der Waals surface area contributed by atoms with E-state index in [1.54, 1.807) is 0 Å². The van der Waals surface area contributed by atoms with E-state index in [4.69, 9.17) is 11.6 Å². The number of carbonyl (C=O) groups excluding carboxylic acids is 1. The maximum Gasteiger partial charge on any atom is 0.242 e. The Morgan fingerprint density at radius 2 is 2.29 bits per heavy atom. The molecule has 0 unspecified atom stereocenters. The highest BCUT2D eigenvalue weighted by atomic mass is 35.5. The van der Waals surface area contributed by atoms with Gasteiger partial charge in [0.15, 0.2) is 0 Å². The number of benzene rings is 1. The molecule has 1 amide bonds. The average molecular weight is 251 g/mol. The molecule has 1 aromatic rings. The molecule has 0 saturated carbocycles. The van der Waals surface area contributed by atoms with Gasteiger partial charge in [0.2, 0.25) is 5.91 Å². The van der Waals surface area contributed by atoms with Crippen LogP contribution in [0.3, 0.4) is 0 Å². The quantitative estimate of drug-likeness (QED) is 0.827. The van der Waals surface area contributed by atoms with E-state index in [-0.39, 0.29) is 11.9 Å². The molecule has 90 valence electrons. The lowest BCUT2D eigenvalue weighted by Crippen LogP contribution is -2.43. The second kappa shape index (κ2) is 4.22. The van der Waals surface area contributed by atoms with Crippen molar-refractivity contribution in [2.24, 2.45) is 0 Å². The summed E-state index contributed by atoms with van der Waals surface area (Å²) in [7, 11) is 0. The summed E-state index contributed by atoms with van der Waals surface area (Å²) < 4.78 is 0. The standard InChI is InChI=1S/C13H15ClN2O/c14-10-3-4-11-9(8-10)2-1-7-16(11)12-5-6-15-13(12)17/h3-4,8,12H,1-2,5-7H2,(H,15,17)/t12-/m0/s1. The van der Waals surface area contributed by atoms with Crippen LogP contribution >= 0.6 is 11.6 Å². The summed E-state index contributed by atoms with van der Waals surface area (Å²) >= 11 is 6.01. The van der Waals surface area contributed by atoms with Crippen LogP contribution in [0, 0.1) is 0 Å². The van der Waals surface area contributed by atoms with Gasteiger partial charge in [-0.15, -0.1) is 0 Å². The minimum absolute atomic E-state index is 0.00947. The summed E-state index contributed by atoms with van der Waals surface area (Å²) in [6, 6.07) is 5.99. The maximum atomic E-state index is 11.8. The molecule has 3 nitrogen and oxygen atoms in total.